The fourth-order valence-electron chi connectivity index (χ4n) is 4.22. The number of urea groups is 1. The Morgan fingerprint density at radius 3 is 2.65 bits per heavy atom. The zero-order valence-electron chi connectivity index (χ0n) is 18.6. The van der Waals surface area contributed by atoms with Crippen molar-refractivity contribution in [1.29, 1.82) is 0 Å². The monoisotopic (exact) mass is 447 g/mol. The maximum Gasteiger partial charge on any atom is 0.334 e. The molecule has 2 saturated heterocycles. The van der Waals surface area contributed by atoms with Gasteiger partial charge in [-0.25, -0.2) is 14.8 Å². The summed E-state index contributed by atoms with van der Waals surface area (Å²) in [5, 5.41) is 6.26. The molecule has 8 nitrogen and oxygen atoms in total. The molecule has 3 rings (SSSR count). The van der Waals surface area contributed by atoms with Crippen LogP contribution in [0.15, 0.2) is 30.3 Å². The van der Waals surface area contributed by atoms with Crippen LogP contribution in [0, 0.1) is 0 Å². The number of carbonyl (C=O) groups is 3. The van der Waals surface area contributed by atoms with Gasteiger partial charge in [-0.15, -0.1) is 0 Å². The van der Waals surface area contributed by atoms with Crippen molar-refractivity contribution in [3.8, 4) is 0 Å². The predicted octanol–water partition coefficient (Wildman–Crippen LogP) is 1.98. The van der Waals surface area contributed by atoms with E-state index >= 15 is 0 Å². The van der Waals surface area contributed by atoms with Crippen LogP contribution in [0.1, 0.15) is 31.7 Å². The van der Waals surface area contributed by atoms with Crippen LogP contribution in [0.3, 0.4) is 0 Å². The highest BCUT2D eigenvalue weighted by molar-refractivity contribution is 7.98. The molecule has 4 amide bonds. The van der Waals surface area contributed by atoms with Crippen LogP contribution in [0.5, 0.6) is 0 Å². The average Bonchev–Trinajstić information content (AvgIpc) is 2.76. The summed E-state index contributed by atoms with van der Waals surface area (Å²) in [7, 11) is 1.75. The van der Waals surface area contributed by atoms with Crippen LogP contribution in [-0.4, -0.2) is 88.6 Å². The molecule has 1 aromatic carbocycles. The Bertz CT molecular complexity index is 778. The van der Waals surface area contributed by atoms with Crippen molar-refractivity contribution in [1.82, 2.24) is 25.1 Å². The minimum Gasteiger partial charge on any atom is -0.337 e. The number of nitrogens with one attached hydrogen (secondary N) is 1. The van der Waals surface area contributed by atoms with Crippen molar-refractivity contribution in [2.75, 3.05) is 38.7 Å². The number of unbranched alkanes of at least 4 members (excludes halogenated alkanes) is 1. The summed E-state index contributed by atoms with van der Waals surface area (Å²) in [5.74, 6) is 0.681. The Morgan fingerprint density at radius 2 is 1.97 bits per heavy atom. The summed E-state index contributed by atoms with van der Waals surface area (Å²) in [4.78, 5) is 42.9. The molecule has 2 heterocycles. The molecular weight excluding hydrogens is 414 g/mol. The van der Waals surface area contributed by atoms with Crippen LogP contribution in [0.25, 0.3) is 0 Å². The van der Waals surface area contributed by atoms with Crippen LogP contribution in [-0.2, 0) is 16.1 Å². The lowest BCUT2D eigenvalue weighted by Crippen LogP contribution is -2.76. The highest BCUT2D eigenvalue weighted by Crippen LogP contribution is 2.28. The third kappa shape index (κ3) is 5.33. The van der Waals surface area contributed by atoms with Gasteiger partial charge < -0.3 is 15.1 Å². The molecule has 170 valence electrons. The lowest BCUT2D eigenvalue weighted by molar-refractivity contribution is -0.187. The number of piperazine rings is 1. The third-order valence-corrected chi connectivity index (χ3v) is 6.46. The van der Waals surface area contributed by atoms with Gasteiger partial charge >= 0.3 is 6.03 Å². The molecule has 1 N–H and O–H groups in total. The van der Waals surface area contributed by atoms with Gasteiger partial charge in [0.2, 0.25) is 11.8 Å². The van der Waals surface area contributed by atoms with Crippen LogP contribution >= 0.6 is 11.8 Å². The van der Waals surface area contributed by atoms with Crippen molar-refractivity contribution < 1.29 is 14.4 Å². The average molecular weight is 448 g/mol. The highest BCUT2D eigenvalue weighted by Gasteiger charge is 2.50. The molecule has 0 aliphatic carbocycles. The number of hydrogen-bond donors (Lipinski definition) is 1. The second-order valence-corrected chi connectivity index (χ2v) is 9.01. The first-order valence-corrected chi connectivity index (χ1v) is 12.3. The number of fused-ring (bicyclic) bond motifs is 1. The molecule has 0 unspecified atom stereocenters. The number of likely N-dealkylation sites (N-methyl/N-ethyl adjacent to an activating group) is 1. The van der Waals surface area contributed by atoms with E-state index in [-0.39, 0.29) is 24.4 Å². The number of carbonyl (C=O) groups excluding carboxylic acids is 3. The molecule has 9 heteroatoms. The van der Waals surface area contributed by atoms with Gasteiger partial charge in [0.1, 0.15) is 12.2 Å². The minimum atomic E-state index is -0.520. The second kappa shape index (κ2) is 10.9. The lowest BCUT2D eigenvalue weighted by Gasteiger charge is -2.54. The fraction of sp³-hybridized carbons (Fsp3) is 0.591. The maximum absolute atomic E-state index is 13.2. The van der Waals surface area contributed by atoms with Crippen LogP contribution in [0.2, 0.25) is 0 Å². The molecule has 2 atom stereocenters. The first-order valence-electron chi connectivity index (χ1n) is 10.9. The molecule has 0 radical (unpaired) electrons. The fourth-order valence-corrected chi connectivity index (χ4v) is 4.68. The first kappa shape index (κ1) is 23.4. The van der Waals surface area contributed by atoms with Crippen molar-refractivity contribution >= 4 is 29.6 Å². The van der Waals surface area contributed by atoms with Crippen LogP contribution in [0.4, 0.5) is 4.79 Å². The number of nitrogens with zero attached hydrogens (tertiary/aromatic N) is 4. The molecule has 0 saturated carbocycles. The number of thioether (sulfide) groups is 1. The van der Waals surface area contributed by atoms with Gasteiger partial charge in [-0.3, -0.25) is 9.59 Å². The molecule has 0 aromatic heterocycles. The number of hydrogen-bond acceptors (Lipinski definition) is 5. The summed E-state index contributed by atoms with van der Waals surface area (Å²) in [6.07, 6.45) is 3.97. The van der Waals surface area contributed by atoms with Gasteiger partial charge in [0, 0.05) is 20.1 Å². The molecule has 31 heavy (non-hydrogen) atoms. The Balaban J connectivity index is 1.82. The minimum absolute atomic E-state index is 0.00120. The lowest BCUT2D eigenvalue weighted by atomic mass is 10.0. The quantitative estimate of drug-likeness (QED) is 0.660. The second-order valence-electron chi connectivity index (χ2n) is 8.02. The maximum atomic E-state index is 13.2. The normalized spacial score (nSPS) is 22.0. The summed E-state index contributed by atoms with van der Waals surface area (Å²) >= 11 is 1.66. The topological polar surface area (TPSA) is 76.2 Å². The van der Waals surface area contributed by atoms with E-state index in [2.05, 4.69) is 12.2 Å². The molecule has 1 aromatic rings. The Morgan fingerprint density at radius 1 is 1.23 bits per heavy atom. The molecule has 0 spiro atoms. The highest BCUT2D eigenvalue weighted by atomic mass is 32.2. The number of rotatable bonds is 8. The first-order chi connectivity index (χ1) is 15.0. The SMILES string of the molecule is CCCCN1C[C@H]2N(C(=O)CN(C)N2C(=O)NCc2ccccc2)[C@@H](CCSC)C1=O. The van der Waals surface area contributed by atoms with Gasteiger partial charge in [0.05, 0.1) is 13.1 Å². The zero-order chi connectivity index (χ0) is 22.4. The number of amides is 4. The Hall–Kier alpha value is -2.26. The van der Waals surface area contributed by atoms with E-state index in [1.54, 1.807) is 33.7 Å². The summed E-state index contributed by atoms with van der Waals surface area (Å²) in [6.45, 7) is 3.55. The molecule has 2 aliphatic heterocycles. The third-order valence-electron chi connectivity index (χ3n) is 5.81. The number of benzene rings is 1. The Labute approximate surface area is 188 Å². The van der Waals surface area contributed by atoms with Crippen LogP contribution < -0.4 is 5.32 Å². The number of hydrazine groups is 1. The van der Waals surface area contributed by atoms with Gasteiger partial charge in [0.15, 0.2) is 0 Å². The van der Waals surface area contributed by atoms with E-state index in [1.807, 2.05) is 41.5 Å². The van der Waals surface area contributed by atoms with E-state index in [0.717, 1.165) is 24.2 Å². The summed E-state index contributed by atoms with van der Waals surface area (Å²) in [5.41, 5.74) is 1.00. The van der Waals surface area contributed by atoms with Gasteiger partial charge in [-0.1, -0.05) is 43.7 Å². The van der Waals surface area contributed by atoms with Gasteiger partial charge in [-0.2, -0.15) is 11.8 Å². The van der Waals surface area contributed by atoms with Crippen molar-refractivity contribution in [2.45, 2.75) is 44.9 Å². The largest absolute Gasteiger partial charge is 0.337 e. The Kier molecular flexibility index (Phi) is 8.20. The predicted molar refractivity (Wildman–Crippen MR) is 122 cm³/mol. The summed E-state index contributed by atoms with van der Waals surface area (Å²) in [6, 6.07) is 8.94. The standard InChI is InChI=1S/C22H33N5O3S/c1-4-5-12-25-15-19-26(18(21(25)29)11-13-31-3)20(28)16-24(2)27(19)22(30)23-14-17-9-7-6-8-10-17/h6-10,18-19H,4-5,11-16H2,1-3H3,(H,23,30)/t18-,19-/m0/s1. The van der Waals surface area contributed by atoms with Gasteiger partial charge in [-0.05, 0) is 30.4 Å². The van der Waals surface area contributed by atoms with E-state index in [9.17, 15) is 14.4 Å². The summed E-state index contributed by atoms with van der Waals surface area (Å²) < 4.78 is 0. The molecule has 0 bridgehead atoms. The van der Waals surface area contributed by atoms with E-state index in [4.69, 9.17) is 0 Å². The smallest absolute Gasteiger partial charge is 0.334 e. The van der Waals surface area contributed by atoms with Crippen molar-refractivity contribution in [3.05, 3.63) is 35.9 Å². The van der Waals surface area contributed by atoms with Crippen molar-refractivity contribution in [2.24, 2.45) is 0 Å². The molecule has 2 fully saturated rings. The van der Waals surface area contributed by atoms with E-state index in [0.29, 0.717) is 26.1 Å². The van der Waals surface area contributed by atoms with Gasteiger partial charge in [0.25, 0.3) is 0 Å². The van der Waals surface area contributed by atoms with E-state index in [1.165, 1.54) is 0 Å². The zero-order valence-corrected chi connectivity index (χ0v) is 19.4. The molecular formula is C22H33N5O3S. The van der Waals surface area contributed by atoms with Crippen molar-refractivity contribution in [3.63, 3.8) is 0 Å². The molecule has 2 aliphatic rings. The van der Waals surface area contributed by atoms with E-state index < -0.39 is 12.2 Å².